The van der Waals surface area contributed by atoms with E-state index in [1.807, 2.05) is 55.5 Å². The van der Waals surface area contributed by atoms with Crippen LogP contribution in [0.5, 0.6) is 5.75 Å². The number of carbonyl (C=O) groups is 1. The maximum atomic E-state index is 12.6. The third-order valence-electron chi connectivity index (χ3n) is 4.40. The van der Waals surface area contributed by atoms with Gasteiger partial charge in [-0.3, -0.25) is 4.79 Å². The van der Waals surface area contributed by atoms with Crippen molar-refractivity contribution in [2.75, 3.05) is 5.32 Å². The highest BCUT2D eigenvalue weighted by atomic mass is 16.3. The molecule has 150 valence electrons. The average Bonchev–Trinajstić information content (AvgIpc) is 2.76. The molecule has 1 heterocycles. The number of phenols is 1. The van der Waals surface area contributed by atoms with Crippen molar-refractivity contribution in [3.8, 4) is 17.0 Å². The van der Waals surface area contributed by atoms with Gasteiger partial charge in [0.2, 0.25) is 5.91 Å². The smallest absolute Gasteiger partial charge is 0.230 e. The number of phenolic OH excluding ortho intramolecular Hbond substituents is 1. The molecule has 3 aromatic rings. The van der Waals surface area contributed by atoms with Crippen molar-refractivity contribution in [1.29, 1.82) is 0 Å². The highest BCUT2D eigenvalue weighted by Crippen LogP contribution is 2.28. The molecular formula is C25H23N3O2. The van der Waals surface area contributed by atoms with E-state index in [1.165, 1.54) is 0 Å². The molecular weight excluding hydrogens is 374 g/mol. The van der Waals surface area contributed by atoms with E-state index >= 15 is 0 Å². The van der Waals surface area contributed by atoms with Gasteiger partial charge in [-0.25, -0.2) is 9.97 Å². The fourth-order valence-electron chi connectivity index (χ4n) is 2.90. The topological polar surface area (TPSA) is 75.1 Å². The van der Waals surface area contributed by atoms with Crippen molar-refractivity contribution >= 4 is 17.3 Å². The third-order valence-corrected chi connectivity index (χ3v) is 4.40. The number of amides is 1. The van der Waals surface area contributed by atoms with E-state index < -0.39 is 0 Å². The summed E-state index contributed by atoms with van der Waals surface area (Å²) >= 11 is 0. The number of anilines is 1. The van der Waals surface area contributed by atoms with Gasteiger partial charge in [-0.05, 0) is 42.3 Å². The van der Waals surface area contributed by atoms with Gasteiger partial charge in [0.25, 0.3) is 0 Å². The molecule has 5 heteroatoms. The zero-order valence-corrected chi connectivity index (χ0v) is 16.7. The molecule has 0 aliphatic rings. The Morgan fingerprint density at radius 2 is 1.87 bits per heavy atom. The molecule has 0 bridgehead atoms. The van der Waals surface area contributed by atoms with Crippen molar-refractivity contribution in [3.05, 3.63) is 103 Å². The molecule has 2 N–H and O–H groups in total. The molecule has 0 aliphatic carbocycles. The molecule has 3 rings (SSSR count). The van der Waals surface area contributed by atoms with Crippen LogP contribution >= 0.6 is 0 Å². The first-order valence-electron chi connectivity index (χ1n) is 9.56. The fraction of sp³-hybridized carbons (Fsp3) is 0.0800. The van der Waals surface area contributed by atoms with Crippen molar-refractivity contribution in [2.45, 2.75) is 13.3 Å². The number of nitrogens with zero attached hydrogens (tertiary/aromatic N) is 2. The van der Waals surface area contributed by atoms with Crippen LogP contribution < -0.4 is 5.32 Å². The average molecular weight is 397 g/mol. The molecule has 1 aromatic heterocycles. The fourth-order valence-corrected chi connectivity index (χ4v) is 2.90. The minimum atomic E-state index is -0.180. The van der Waals surface area contributed by atoms with Crippen molar-refractivity contribution in [3.63, 3.8) is 0 Å². The highest BCUT2D eigenvalue weighted by molar-refractivity contribution is 5.94. The zero-order chi connectivity index (χ0) is 21.3. The molecule has 0 saturated carbocycles. The molecule has 1 amide bonds. The molecule has 0 radical (unpaired) electrons. The van der Waals surface area contributed by atoms with Crippen molar-refractivity contribution in [1.82, 2.24) is 9.97 Å². The summed E-state index contributed by atoms with van der Waals surface area (Å²) in [6.45, 7) is 5.61. The number of aromatic hydroxyl groups is 1. The first-order chi connectivity index (χ1) is 14.6. The van der Waals surface area contributed by atoms with Crippen molar-refractivity contribution in [2.24, 2.45) is 0 Å². The zero-order valence-electron chi connectivity index (χ0n) is 16.7. The summed E-state index contributed by atoms with van der Waals surface area (Å²) in [5.74, 6) is 0.343. The summed E-state index contributed by atoms with van der Waals surface area (Å²) in [6, 6.07) is 16.1. The third kappa shape index (κ3) is 5.29. The quantitative estimate of drug-likeness (QED) is 0.539. The maximum absolute atomic E-state index is 12.6. The summed E-state index contributed by atoms with van der Waals surface area (Å²) in [4.78, 5) is 21.8. The van der Waals surface area contributed by atoms with Gasteiger partial charge in [-0.2, -0.15) is 0 Å². The first-order valence-corrected chi connectivity index (χ1v) is 9.56. The van der Waals surface area contributed by atoms with E-state index in [9.17, 15) is 9.90 Å². The monoisotopic (exact) mass is 397 g/mol. The lowest BCUT2D eigenvalue weighted by Crippen LogP contribution is -2.16. The van der Waals surface area contributed by atoms with Crippen LogP contribution in [0.3, 0.4) is 0 Å². The normalized spacial score (nSPS) is 11.4. The maximum Gasteiger partial charge on any atom is 0.230 e. The number of allylic oxidation sites excluding steroid dienone is 5. The van der Waals surface area contributed by atoms with Crippen LogP contribution in [0.4, 0.5) is 5.82 Å². The molecule has 0 unspecified atom stereocenters. The molecule has 0 fully saturated rings. The van der Waals surface area contributed by atoms with Crippen LogP contribution in [0.1, 0.15) is 18.2 Å². The molecule has 2 aromatic carbocycles. The Morgan fingerprint density at radius 3 is 2.53 bits per heavy atom. The van der Waals surface area contributed by atoms with Gasteiger partial charge in [0.1, 0.15) is 11.4 Å². The van der Waals surface area contributed by atoms with E-state index in [0.717, 1.165) is 16.7 Å². The van der Waals surface area contributed by atoms with E-state index in [4.69, 9.17) is 4.98 Å². The number of benzene rings is 2. The van der Waals surface area contributed by atoms with Crippen LogP contribution in [-0.4, -0.2) is 21.0 Å². The van der Waals surface area contributed by atoms with Gasteiger partial charge >= 0.3 is 0 Å². The van der Waals surface area contributed by atoms with Gasteiger partial charge in [0, 0.05) is 5.56 Å². The Bertz CT molecular complexity index is 1090. The van der Waals surface area contributed by atoms with Crippen LogP contribution in [0, 0.1) is 0 Å². The minimum Gasteiger partial charge on any atom is -0.508 e. The largest absolute Gasteiger partial charge is 0.508 e. The van der Waals surface area contributed by atoms with Gasteiger partial charge < -0.3 is 10.4 Å². The van der Waals surface area contributed by atoms with E-state index in [1.54, 1.807) is 36.5 Å². The second-order valence-corrected chi connectivity index (χ2v) is 6.55. The molecule has 0 spiro atoms. The lowest BCUT2D eigenvalue weighted by molar-refractivity contribution is -0.115. The molecule has 5 nitrogen and oxygen atoms in total. The van der Waals surface area contributed by atoms with Gasteiger partial charge in [-0.15, -0.1) is 0 Å². The predicted molar refractivity (Wildman–Crippen MR) is 121 cm³/mol. The van der Waals surface area contributed by atoms with E-state index in [-0.39, 0.29) is 18.1 Å². The summed E-state index contributed by atoms with van der Waals surface area (Å²) in [5, 5.41) is 12.5. The molecule has 0 saturated heterocycles. The van der Waals surface area contributed by atoms with Crippen LogP contribution in [0.15, 0.2) is 91.7 Å². The second kappa shape index (κ2) is 9.98. The number of aromatic nitrogens is 2. The summed E-state index contributed by atoms with van der Waals surface area (Å²) in [5.41, 5.74) is 3.72. The van der Waals surface area contributed by atoms with Crippen LogP contribution in [0.2, 0.25) is 0 Å². The molecule has 30 heavy (non-hydrogen) atoms. The highest BCUT2D eigenvalue weighted by Gasteiger charge is 2.14. The van der Waals surface area contributed by atoms with Crippen LogP contribution in [-0.2, 0) is 11.2 Å². The Balaban J connectivity index is 1.97. The number of hydrogen-bond donors (Lipinski definition) is 2. The van der Waals surface area contributed by atoms with E-state index in [2.05, 4.69) is 16.9 Å². The summed E-state index contributed by atoms with van der Waals surface area (Å²) in [6.07, 6.45) is 9.21. The molecule has 0 aliphatic heterocycles. The molecule has 0 atom stereocenters. The van der Waals surface area contributed by atoms with Crippen molar-refractivity contribution < 1.29 is 9.90 Å². The van der Waals surface area contributed by atoms with Gasteiger partial charge in [-0.1, -0.05) is 61.2 Å². The Kier molecular flexibility index (Phi) is 6.90. The predicted octanol–water partition coefficient (Wildman–Crippen LogP) is 5.18. The second-order valence-electron chi connectivity index (χ2n) is 6.55. The Morgan fingerprint density at radius 1 is 1.13 bits per heavy atom. The first kappa shape index (κ1) is 20.7. The lowest BCUT2D eigenvalue weighted by Gasteiger charge is -2.12. The summed E-state index contributed by atoms with van der Waals surface area (Å²) in [7, 11) is 0. The number of hydrogen-bond acceptors (Lipinski definition) is 4. The Labute approximate surface area is 176 Å². The van der Waals surface area contributed by atoms with E-state index in [0.29, 0.717) is 17.2 Å². The number of nitrogens with one attached hydrogen (secondary N) is 1. The Hall–Kier alpha value is -3.99. The minimum absolute atomic E-state index is 0.153. The summed E-state index contributed by atoms with van der Waals surface area (Å²) < 4.78 is 0. The van der Waals surface area contributed by atoms with Gasteiger partial charge in [0.05, 0.1) is 18.3 Å². The van der Waals surface area contributed by atoms with Gasteiger partial charge in [0.15, 0.2) is 5.82 Å². The lowest BCUT2D eigenvalue weighted by atomic mass is 10.1. The number of carbonyl (C=O) groups excluding carboxylic acids is 1. The SMILES string of the molecule is C=C/C=C\C(=C/C)c1cnc(NC(=O)Cc2ccccc2)c(-c2ccc(O)cc2)n1. The number of rotatable bonds is 7. The standard InChI is InChI=1S/C25H23N3O2/c1-3-5-11-19(4-2)22-17-26-25(24(27-22)20-12-14-21(29)15-13-20)28-23(30)16-18-9-7-6-8-10-18/h3-15,17,29H,1,16H2,2H3,(H,26,28,30)/b11-5-,19-4+. The van der Waals surface area contributed by atoms with Crippen LogP contribution in [0.25, 0.3) is 16.8 Å².